The zero-order chi connectivity index (χ0) is 4.99. The van der Waals surface area contributed by atoms with Crippen LogP contribution in [0.5, 0.6) is 0 Å². The number of rotatable bonds is 2. The second-order valence-corrected chi connectivity index (χ2v) is 6.56. The predicted molar refractivity (Wildman–Crippen MR) is 35.4 cm³/mol. The predicted octanol–water partition coefficient (Wildman–Crippen LogP) is 2.20. The Morgan fingerprint density at radius 2 is 2.00 bits per heavy atom. The van der Waals surface area contributed by atoms with Gasteiger partial charge in [-0.05, 0) is 0 Å². The Hall–Kier alpha value is 1.52. The molecule has 0 saturated carbocycles. The van der Waals surface area contributed by atoms with E-state index in [4.69, 9.17) is 34.3 Å². The first-order chi connectivity index (χ1) is 2.77. The monoisotopic (exact) mass is 178 g/mol. The average molecular weight is 179 g/mol. The summed E-state index contributed by atoms with van der Waals surface area (Å²) in [5, 5.41) is 0. The lowest BCUT2D eigenvalue weighted by Crippen LogP contribution is -1.71. The SMILES string of the molecule is Cl[Si]PC(Cl)Cl. The second kappa shape index (κ2) is 4.67. The maximum atomic E-state index is 5.28. The van der Waals surface area contributed by atoms with E-state index in [2.05, 4.69) is 0 Å². The van der Waals surface area contributed by atoms with Gasteiger partial charge in [-0.2, -0.15) is 11.1 Å². The lowest BCUT2D eigenvalue weighted by Gasteiger charge is -1.88. The van der Waals surface area contributed by atoms with E-state index in [1.54, 1.807) is 0 Å². The van der Waals surface area contributed by atoms with Gasteiger partial charge in [-0.1, -0.05) is 8.13 Å². The van der Waals surface area contributed by atoms with Crippen LogP contribution in [0, 0.1) is 0 Å². The summed E-state index contributed by atoms with van der Waals surface area (Å²) in [7, 11) is 0.870. The van der Waals surface area contributed by atoms with E-state index in [0.717, 1.165) is 0 Å². The molecule has 1 unspecified atom stereocenters. The molecule has 0 aliphatic rings. The Morgan fingerprint density at radius 3 is 2.00 bits per heavy atom. The van der Waals surface area contributed by atoms with Gasteiger partial charge < -0.3 is 0 Å². The Balaban J connectivity index is 2.63. The van der Waals surface area contributed by atoms with E-state index in [0.29, 0.717) is 16.6 Å². The van der Waals surface area contributed by atoms with Crippen molar-refractivity contribution in [2.24, 2.45) is 0 Å². The molecule has 0 aromatic rings. The van der Waals surface area contributed by atoms with Crippen LogP contribution in [-0.2, 0) is 0 Å². The number of hydrogen-bond acceptors (Lipinski definition) is 0. The van der Waals surface area contributed by atoms with Crippen molar-refractivity contribution < 1.29 is 0 Å². The normalized spacial score (nSPS) is 12.0. The summed E-state index contributed by atoms with van der Waals surface area (Å²) in [6.45, 7) is 0. The second-order valence-electron chi connectivity index (χ2n) is 0.540. The van der Waals surface area contributed by atoms with Crippen LogP contribution in [0.25, 0.3) is 0 Å². The van der Waals surface area contributed by atoms with Crippen molar-refractivity contribution in [3.05, 3.63) is 0 Å². The van der Waals surface area contributed by atoms with E-state index in [1.165, 1.54) is 0 Å². The van der Waals surface area contributed by atoms with Crippen LogP contribution in [-0.4, -0.2) is 13.1 Å². The fourth-order valence-electron chi connectivity index (χ4n) is 0.0412. The molecule has 0 nitrogen and oxygen atoms in total. The third kappa shape index (κ3) is 5.52. The van der Waals surface area contributed by atoms with Crippen LogP contribution in [0.15, 0.2) is 0 Å². The van der Waals surface area contributed by atoms with E-state index < -0.39 is 0 Å². The lowest BCUT2D eigenvalue weighted by atomic mass is 11.9. The molecule has 0 fully saturated rings. The fourth-order valence-corrected chi connectivity index (χ4v) is 3.34. The molecule has 0 aliphatic heterocycles. The highest BCUT2D eigenvalue weighted by Crippen LogP contribution is 2.24. The van der Waals surface area contributed by atoms with Crippen LogP contribution >= 0.6 is 42.4 Å². The Morgan fingerprint density at radius 1 is 1.50 bits per heavy atom. The molecule has 0 aliphatic carbocycles. The van der Waals surface area contributed by atoms with Crippen LogP contribution < -0.4 is 0 Å². The minimum absolute atomic E-state index is 0.249. The van der Waals surface area contributed by atoms with E-state index in [-0.39, 0.29) is 4.58 Å². The van der Waals surface area contributed by atoms with Crippen molar-refractivity contribution in [2.75, 3.05) is 0 Å². The first-order valence-electron chi connectivity index (χ1n) is 1.16. The van der Waals surface area contributed by atoms with E-state index >= 15 is 0 Å². The van der Waals surface area contributed by atoms with Crippen molar-refractivity contribution in [1.29, 1.82) is 0 Å². The van der Waals surface area contributed by atoms with Gasteiger partial charge in [0.15, 0.2) is 0 Å². The minimum Gasteiger partial charge on any atom is -0.165 e. The number of halogens is 3. The number of hydrogen-bond donors (Lipinski definition) is 0. The van der Waals surface area contributed by atoms with Crippen molar-refractivity contribution in [3.63, 3.8) is 0 Å². The standard InChI is InChI=1S/CH2Cl3PSi/c2-1(3)5-6-4/h1,5H. The van der Waals surface area contributed by atoms with Gasteiger partial charge in [-0.15, -0.1) is 23.2 Å². The molecule has 5 heteroatoms. The zero-order valence-corrected chi connectivity index (χ0v) is 6.98. The first-order valence-corrected chi connectivity index (χ1v) is 6.13. The molecular weight excluding hydrogens is 177 g/mol. The summed E-state index contributed by atoms with van der Waals surface area (Å²) in [6, 6.07) is 0. The molecule has 0 rings (SSSR count). The zero-order valence-electron chi connectivity index (χ0n) is 2.71. The Kier molecular flexibility index (Phi) is 5.85. The van der Waals surface area contributed by atoms with Gasteiger partial charge in [0, 0.05) is 0 Å². The molecule has 0 spiro atoms. The maximum absolute atomic E-state index is 5.28. The minimum atomic E-state index is -0.249. The topological polar surface area (TPSA) is 0 Å². The molecule has 1 atom stereocenters. The molecule has 0 aromatic carbocycles. The van der Waals surface area contributed by atoms with Crippen LogP contribution in [0.1, 0.15) is 0 Å². The molecule has 36 valence electrons. The lowest BCUT2D eigenvalue weighted by molar-refractivity contribution is 2.00. The molecule has 0 bridgehead atoms. The molecule has 0 heterocycles. The van der Waals surface area contributed by atoms with Crippen molar-refractivity contribution in [1.82, 2.24) is 0 Å². The van der Waals surface area contributed by atoms with Crippen molar-refractivity contribution in [2.45, 2.75) is 4.58 Å². The van der Waals surface area contributed by atoms with Crippen molar-refractivity contribution in [3.8, 4) is 0 Å². The molecule has 0 saturated heterocycles. The molecule has 0 N–H and O–H groups in total. The smallest absolute Gasteiger partial charge is 0.165 e. The highest BCUT2D eigenvalue weighted by Gasteiger charge is 1.93. The van der Waals surface area contributed by atoms with Gasteiger partial charge in [-0.25, -0.2) is 0 Å². The third-order valence-corrected chi connectivity index (χ3v) is 4.42. The molecule has 6 heavy (non-hydrogen) atoms. The average Bonchev–Trinajstić information content (AvgIpc) is 1.35. The van der Waals surface area contributed by atoms with Gasteiger partial charge in [0.2, 0.25) is 8.50 Å². The summed E-state index contributed by atoms with van der Waals surface area (Å²) in [4.78, 5) is 0. The first kappa shape index (κ1) is 7.52. The van der Waals surface area contributed by atoms with Gasteiger partial charge in [-0.3, -0.25) is 0 Å². The van der Waals surface area contributed by atoms with Crippen LogP contribution in [0.3, 0.4) is 0 Å². The summed E-state index contributed by atoms with van der Waals surface area (Å²) in [5.74, 6) is 0. The van der Waals surface area contributed by atoms with Gasteiger partial charge in [0.1, 0.15) is 4.58 Å². The third-order valence-electron chi connectivity index (χ3n) is 0.164. The number of alkyl halides is 2. The highest BCUT2D eigenvalue weighted by molar-refractivity contribution is 7.81. The molecule has 0 amide bonds. The Labute approximate surface area is 55.7 Å². The molecule has 0 aromatic heterocycles. The fraction of sp³-hybridized carbons (Fsp3) is 1.00. The summed E-state index contributed by atoms with van der Waals surface area (Å²) < 4.78 is -0.249. The summed E-state index contributed by atoms with van der Waals surface area (Å²) in [6.07, 6.45) is 0. The van der Waals surface area contributed by atoms with Gasteiger partial charge in [0.25, 0.3) is 0 Å². The quantitative estimate of drug-likeness (QED) is 0.264. The molecule has 2 radical (unpaired) electrons. The van der Waals surface area contributed by atoms with E-state index in [9.17, 15) is 0 Å². The largest absolute Gasteiger partial charge is 0.205 e. The van der Waals surface area contributed by atoms with Gasteiger partial charge >= 0.3 is 0 Å². The molecular formula is CH2Cl3PSi. The Bertz CT molecular complexity index is 32.0. The summed E-state index contributed by atoms with van der Waals surface area (Å²) >= 11 is 15.8. The van der Waals surface area contributed by atoms with E-state index in [1.807, 2.05) is 0 Å². The van der Waals surface area contributed by atoms with Crippen LogP contribution in [0.4, 0.5) is 0 Å². The highest BCUT2D eigenvalue weighted by atomic mass is 35.6. The maximum Gasteiger partial charge on any atom is 0.205 e. The van der Waals surface area contributed by atoms with Gasteiger partial charge in [0.05, 0.1) is 0 Å². The van der Waals surface area contributed by atoms with Crippen LogP contribution in [0.2, 0.25) is 0 Å². The van der Waals surface area contributed by atoms with Crippen molar-refractivity contribution >= 4 is 50.9 Å². The summed E-state index contributed by atoms with van der Waals surface area (Å²) in [5.41, 5.74) is 0.